The molecule has 2 atom stereocenters. The highest BCUT2D eigenvalue weighted by molar-refractivity contribution is 5.21. The molecule has 106 valence electrons. The van der Waals surface area contributed by atoms with Crippen molar-refractivity contribution in [3.8, 4) is 0 Å². The first kappa shape index (κ1) is 14.4. The average Bonchev–Trinajstić information content (AvgIpc) is 2.35. The number of halogens is 3. The van der Waals surface area contributed by atoms with Crippen LogP contribution in [0.5, 0.6) is 0 Å². The number of hydrogen-bond donors (Lipinski definition) is 1. The zero-order chi connectivity index (χ0) is 13.9. The molecule has 0 amide bonds. The van der Waals surface area contributed by atoms with E-state index >= 15 is 0 Å². The molecule has 0 saturated carbocycles. The smallest absolute Gasteiger partial charge is 0.129 e. The minimum atomic E-state index is -1.60. The predicted molar refractivity (Wildman–Crippen MR) is 69.8 cm³/mol. The van der Waals surface area contributed by atoms with E-state index in [9.17, 15) is 13.2 Å². The van der Waals surface area contributed by atoms with Gasteiger partial charge in [0, 0.05) is 18.0 Å². The van der Waals surface area contributed by atoms with Crippen LogP contribution in [0.2, 0.25) is 0 Å². The van der Waals surface area contributed by atoms with Gasteiger partial charge in [0.25, 0.3) is 0 Å². The van der Waals surface area contributed by atoms with Gasteiger partial charge in [0.1, 0.15) is 17.3 Å². The second-order valence-electron chi connectivity index (χ2n) is 5.64. The molecule has 1 heterocycles. The van der Waals surface area contributed by atoms with Gasteiger partial charge in [0.15, 0.2) is 0 Å². The van der Waals surface area contributed by atoms with E-state index < -0.39 is 17.3 Å². The molecule has 1 N–H and O–H groups in total. The van der Waals surface area contributed by atoms with Gasteiger partial charge < -0.3 is 5.32 Å². The lowest BCUT2D eigenvalue weighted by Crippen LogP contribution is -2.40. The van der Waals surface area contributed by atoms with E-state index in [0.717, 1.165) is 25.8 Å². The van der Waals surface area contributed by atoms with Crippen molar-refractivity contribution in [3.63, 3.8) is 0 Å². The predicted octanol–water partition coefficient (Wildman–Crippen LogP) is 3.77. The summed E-state index contributed by atoms with van der Waals surface area (Å²) < 4.78 is 41.6. The van der Waals surface area contributed by atoms with Crippen LogP contribution in [0.1, 0.15) is 38.2 Å². The number of rotatable bonds is 4. The number of alkyl halides is 1. The molecule has 19 heavy (non-hydrogen) atoms. The number of nitrogens with one attached hydrogen (secondary N) is 1. The van der Waals surface area contributed by atoms with E-state index in [0.29, 0.717) is 6.42 Å². The molecule has 2 rings (SSSR count). The second kappa shape index (κ2) is 5.95. The van der Waals surface area contributed by atoms with Crippen molar-refractivity contribution >= 4 is 0 Å². The summed E-state index contributed by atoms with van der Waals surface area (Å²) in [6.45, 7) is 2.32. The van der Waals surface area contributed by atoms with Crippen molar-refractivity contribution in [2.24, 2.45) is 0 Å². The topological polar surface area (TPSA) is 12.0 Å². The number of piperidine rings is 1. The summed E-state index contributed by atoms with van der Waals surface area (Å²) in [5.41, 5.74) is -1.75. The standard InChI is InChI=1S/C15H20F3N/c1-15(18,9-11-5-2-3-8-19-11)10-12-13(16)6-4-7-14(12)17/h4,6-7,11,19H,2-3,5,8-10H2,1H3. The van der Waals surface area contributed by atoms with Gasteiger partial charge in [-0.3, -0.25) is 0 Å². The fourth-order valence-corrected chi connectivity index (χ4v) is 2.75. The fraction of sp³-hybridized carbons (Fsp3) is 0.600. The SMILES string of the molecule is CC(F)(Cc1c(F)cccc1F)CC1CCCCN1. The summed E-state index contributed by atoms with van der Waals surface area (Å²) in [5, 5.41) is 3.26. The van der Waals surface area contributed by atoms with Crippen LogP contribution in [-0.2, 0) is 6.42 Å². The number of benzene rings is 1. The molecular weight excluding hydrogens is 251 g/mol. The normalized spacial score (nSPS) is 23.1. The number of hydrogen-bond acceptors (Lipinski definition) is 1. The zero-order valence-corrected chi connectivity index (χ0v) is 11.2. The fourth-order valence-electron chi connectivity index (χ4n) is 2.75. The molecule has 0 aromatic heterocycles. The molecule has 0 spiro atoms. The maximum Gasteiger partial charge on any atom is 0.129 e. The van der Waals surface area contributed by atoms with E-state index in [1.807, 2.05) is 0 Å². The van der Waals surface area contributed by atoms with Crippen molar-refractivity contribution in [1.29, 1.82) is 0 Å². The zero-order valence-electron chi connectivity index (χ0n) is 11.2. The van der Waals surface area contributed by atoms with E-state index in [2.05, 4.69) is 5.32 Å². The van der Waals surface area contributed by atoms with Gasteiger partial charge in [-0.1, -0.05) is 12.5 Å². The third kappa shape index (κ3) is 3.96. The van der Waals surface area contributed by atoms with Gasteiger partial charge in [-0.15, -0.1) is 0 Å². The van der Waals surface area contributed by atoms with Crippen LogP contribution in [-0.4, -0.2) is 18.3 Å². The van der Waals surface area contributed by atoms with Crippen molar-refractivity contribution in [2.45, 2.75) is 50.7 Å². The van der Waals surface area contributed by atoms with Gasteiger partial charge in [0.05, 0.1) is 0 Å². The van der Waals surface area contributed by atoms with Gasteiger partial charge >= 0.3 is 0 Å². The van der Waals surface area contributed by atoms with E-state index in [1.165, 1.54) is 25.1 Å². The Kier molecular flexibility index (Phi) is 4.50. The Bertz CT molecular complexity index is 405. The summed E-state index contributed by atoms with van der Waals surface area (Å²) in [7, 11) is 0. The van der Waals surface area contributed by atoms with Gasteiger partial charge in [-0.25, -0.2) is 13.2 Å². The Balaban J connectivity index is 2.03. The Morgan fingerprint density at radius 1 is 1.26 bits per heavy atom. The Labute approximate surface area is 112 Å². The summed E-state index contributed by atoms with van der Waals surface area (Å²) in [5.74, 6) is -1.33. The molecule has 4 heteroatoms. The third-order valence-electron chi connectivity index (χ3n) is 3.69. The summed E-state index contributed by atoms with van der Waals surface area (Å²) in [6.07, 6.45) is 3.20. The molecule has 2 unspecified atom stereocenters. The van der Waals surface area contributed by atoms with Gasteiger partial charge in [-0.05, 0) is 44.9 Å². The lowest BCUT2D eigenvalue weighted by atomic mass is 9.88. The van der Waals surface area contributed by atoms with Crippen molar-refractivity contribution < 1.29 is 13.2 Å². The van der Waals surface area contributed by atoms with Crippen LogP contribution < -0.4 is 5.32 Å². The maximum absolute atomic E-state index is 14.5. The monoisotopic (exact) mass is 271 g/mol. The molecule has 1 saturated heterocycles. The van der Waals surface area contributed by atoms with Crippen LogP contribution in [0.3, 0.4) is 0 Å². The van der Waals surface area contributed by atoms with Gasteiger partial charge in [-0.2, -0.15) is 0 Å². The van der Waals surface area contributed by atoms with Crippen LogP contribution >= 0.6 is 0 Å². The van der Waals surface area contributed by atoms with Gasteiger partial charge in [0.2, 0.25) is 0 Å². The molecule has 1 fully saturated rings. The molecule has 0 bridgehead atoms. The minimum Gasteiger partial charge on any atom is -0.314 e. The Morgan fingerprint density at radius 2 is 1.95 bits per heavy atom. The minimum absolute atomic E-state index is 0.110. The van der Waals surface area contributed by atoms with Crippen molar-refractivity contribution in [2.75, 3.05) is 6.54 Å². The summed E-state index contributed by atoms with van der Waals surface area (Å²) in [4.78, 5) is 0. The lowest BCUT2D eigenvalue weighted by Gasteiger charge is -2.30. The van der Waals surface area contributed by atoms with Crippen LogP contribution in [0.4, 0.5) is 13.2 Å². The molecule has 1 nitrogen and oxygen atoms in total. The van der Waals surface area contributed by atoms with Crippen LogP contribution in [0.25, 0.3) is 0 Å². The first-order valence-corrected chi connectivity index (χ1v) is 6.83. The first-order chi connectivity index (χ1) is 8.98. The second-order valence-corrected chi connectivity index (χ2v) is 5.64. The van der Waals surface area contributed by atoms with Crippen LogP contribution in [0.15, 0.2) is 18.2 Å². The summed E-state index contributed by atoms with van der Waals surface area (Å²) >= 11 is 0. The van der Waals surface area contributed by atoms with Crippen molar-refractivity contribution in [1.82, 2.24) is 5.32 Å². The maximum atomic E-state index is 14.5. The Hall–Kier alpha value is -1.03. The molecule has 0 aliphatic carbocycles. The van der Waals surface area contributed by atoms with Crippen molar-refractivity contribution in [3.05, 3.63) is 35.4 Å². The largest absolute Gasteiger partial charge is 0.314 e. The highest BCUT2D eigenvalue weighted by Gasteiger charge is 2.30. The Morgan fingerprint density at radius 3 is 2.53 bits per heavy atom. The molecule has 1 aliphatic rings. The quantitative estimate of drug-likeness (QED) is 0.879. The summed E-state index contributed by atoms with van der Waals surface area (Å²) in [6, 6.07) is 3.76. The molecule has 1 aliphatic heterocycles. The first-order valence-electron chi connectivity index (χ1n) is 6.83. The van der Waals surface area contributed by atoms with E-state index in [-0.39, 0.29) is 18.0 Å². The van der Waals surface area contributed by atoms with E-state index in [4.69, 9.17) is 0 Å². The van der Waals surface area contributed by atoms with Crippen LogP contribution in [0, 0.1) is 11.6 Å². The average molecular weight is 271 g/mol. The van der Waals surface area contributed by atoms with E-state index in [1.54, 1.807) is 0 Å². The lowest BCUT2D eigenvalue weighted by molar-refractivity contribution is 0.143. The molecule has 1 aromatic carbocycles. The highest BCUT2D eigenvalue weighted by atomic mass is 19.1. The third-order valence-corrected chi connectivity index (χ3v) is 3.69. The molecule has 1 aromatic rings. The highest BCUT2D eigenvalue weighted by Crippen LogP contribution is 2.28. The molecule has 0 radical (unpaired) electrons. The molecular formula is C15H20F3N.